The van der Waals surface area contributed by atoms with Crippen molar-refractivity contribution in [3.8, 4) is 0 Å². The molecule has 1 aliphatic heterocycles. The van der Waals surface area contributed by atoms with Gasteiger partial charge >= 0.3 is 0 Å². The highest BCUT2D eigenvalue weighted by molar-refractivity contribution is 5.23. The first-order chi connectivity index (χ1) is 12.6. The van der Waals surface area contributed by atoms with Crippen LogP contribution in [-0.4, -0.2) is 23.2 Å². The van der Waals surface area contributed by atoms with Gasteiger partial charge in [0.2, 0.25) is 0 Å². The number of rotatable bonds is 10. The molecular formula is C23H38N2O. The maximum Gasteiger partial charge on any atom is 0.109 e. The van der Waals surface area contributed by atoms with Crippen molar-refractivity contribution in [3.63, 3.8) is 0 Å². The average molecular weight is 359 g/mol. The molecule has 1 N–H and O–H groups in total. The number of ether oxygens (including phenoxy) is 1. The Morgan fingerprint density at radius 3 is 2.92 bits per heavy atom. The first kappa shape index (κ1) is 21.0. The fourth-order valence-corrected chi connectivity index (χ4v) is 3.64. The van der Waals surface area contributed by atoms with Crippen LogP contribution < -0.4 is 0 Å². The number of nitrogens with zero attached hydrogens (tertiary/aromatic N) is 1. The summed E-state index contributed by atoms with van der Waals surface area (Å²) >= 11 is 0. The fourth-order valence-electron chi connectivity index (χ4n) is 3.64. The maximum absolute atomic E-state index is 5.62. The Morgan fingerprint density at radius 1 is 1.38 bits per heavy atom. The van der Waals surface area contributed by atoms with Crippen LogP contribution in [0.4, 0.5) is 0 Å². The van der Waals surface area contributed by atoms with Crippen molar-refractivity contribution in [2.24, 2.45) is 11.8 Å². The Kier molecular flexibility index (Phi) is 9.17. The normalized spacial score (nSPS) is 21.2. The molecule has 1 aliphatic rings. The molecule has 26 heavy (non-hydrogen) atoms. The minimum atomic E-state index is 0.516. The van der Waals surface area contributed by atoms with Crippen LogP contribution in [0, 0.1) is 11.8 Å². The third-order valence-corrected chi connectivity index (χ3v) is 5.76. The summed E-state index contributed by atoms with van der Waals surface area (Å²) in [5, 5.41) is 0. The predicted octanol–water partition coefficient (Wildman–Crippen LogP) is 6.20. The average Bonchev–Trinajstić information content (AvgIpc) is 3.14. The quantitative estimate of drug-likeness (QED) is 0.506. The van der Waals surface area contributed by atoms with Crippen molar-refractivity contribution < 1.29 is 4.74 Å². The molecule has 0 radical (unpaired) electrons. The van der Waals surface area contributed by atoms with E-state index in [4.69, 9.17) is 4.74 Å². The lowest BCUT2D eigenvalue weighted by Gasteiger charge is -2.23. The van der Waals surface area contributed by atoms with E-state index in [1.54, 1.807) is 0 Å². The first-order valence-electron chi connectivity index (χ1n) is 10.6. The van der Waals surface area contributed by atoms with Gasteiger partial charge in [0.25, 0.3) is 0 Å². The Bertz CT molecular complexity index is 567. The molecule has 2 heterocycles. The molecule has 0 spiro atoms. The minimum absolute atomic E-state index is 0.516. The van der Waals surface area contributed by atoms with E-state index < -0.39 is 0 Å². The number of aromatic nitrogens is 2. The molecule has 0 saturated carbocycles. The molecule has 146 valence electrons. The largest absolute Gasteiger partial charge is 0.381 e. The van der Waals surface area contributed by atoms with E-state index in [2.05, 4.69) is 55.9 Å². The molecule has 3 heteroatoms. The highest BCUT2D eigenvalue weighted by Gasteiger charge is 2.16. The van der Waals surface area contributed by atoms with Crippen LogP contribution in [0.1, 0.15) is 83.7 Å². The molecule has 3 atom stereocenters. The van der Waals surface area contributed by atoms with Gasteiger partial charge in [0.05, 0.1) is 6.61 Å². The van der Waals surface area contributed by atoms with E-state index >= 15 is 0 Å². The second-order valence-electron chi connectivity index (χ2n) is 7.95. The second kappa shape index (κ2) is 11.4. The van der Waals surface area contributed by atoms with E-state index in [9.17, 15) is 0 Å². The van der Waals surface area contributed by atoms with Crippen molar-refractivity contribution >= 4 is 0 Å². The summed E-state index contributed by atoms with van der Waals surface area (Å²) in [6.07, 6.45) is 17.2. The second-order valence-corrected chi connectivity index (χ2v) is 7.95. The molecule has 2 rings (SSSR count). The molecule has 1 aromatic heterocycles. The number of H-pyrrole nitrogens is 1. The van der Waals surface area contributed by atoms with Gasteiger partial charge < -0.3 is 9.72 Å². The number of allylic oxidation sites excluding steroid dienone is 3. The Morgan fingerprint density at radius 2 is 2.23 bits per heavy atom. The minimum Gasteiger partial charge on any atom is -0.381 e. The summed E-state index contributed by atoms with van der Waals surface area (Å²) in [4.78, 5) is 8.15. The zero-order chi connectivity index (χ0) is 18.8. The summed E-state index contributed by atoms with van der Waals surface area (Å²) in [6.45, 7) is 10.8. The lowest BCUT2D eigenvalue weighted by molar-refractivity contribution is 0.0683. The van der Waals surface area contributed by atoms with Gasteiger partial charge in [0, 0.05) is 36.8 Å². The third kappa shape index (κ3) is 6.75. The molecule has 3 unspecified atom stereocenters. The highest BCUT2D eigenvalue weighted by Crippen LogP contribution is 2.24. The van der Waals surface area contributed by atoms with Crippen LogP contribution in [0.3, 0.4) is 0 Å². The van der Waals surface area contributed by atoms with Crippen LogP contribution in [0.2, 0.25) is 0 Å². The number of nitrogens with one attached hydrogen (secondary N) is 1. The van der Waals surface area contributed by atoms with E-state index in [-0.39, 0.29) is 0 Å². The molecule has 0 bridgehead atoms. The van der Waals surface area contributed by atoms with Gasteiger partial charge in [-0.3, -0.25) is 0 Å². The third-order valence-electron chi connectivity index (χ3n) is 5.76. The van der Waals surface area contributed by atoms with Crippen molar-refractivity contribution in [1.29, 1.82) is 0 Å². The zero-order valence-corrected chi connectivity index (χ0v) is 17.3. The van der Waals surface area contributed by atoms with Gasteiger partial charge in [-0.15, -0.1) is 0 Å². The monoisotopic (exact) mass is 358 g/mol. The topological polar surface area (TPSA) is 37.9 Å². The van der Waals surface area contributed by atoms with Gasteiger partial charge in [-0.2, -0.15) is 0 Å². The van der Waals surface area contributed by atoms with Gasteiger partial charge in [0.1, 0.15) is 5.82 Å². The maximum atomic E-state index is 5.62. The predicted molar refractivity (Wildman–Crippen MR) is 110 cm³/mol. The van der Waals surface area contributed by atoms with Crippen molar-refractivity contribution in [1.82, 2.24) is 9.97 Å². The van der Waals surface area contributed by atoms with Crippen LogP contribution in [0.15, 0.2) is 30.0 Å². The smallest absolute Gasteiger partial charge is 0.109 e. The molecule has 0 aromatic carbocycles. The van der Waals surface area contributed by atoms with Crippen LogP contribution in [0.25, 0.3) is 0 Å². The number of imidazole rings is 1. The molecule has 0 aliphatic carbocycles. The van der Waals surface area contributed by atoms with Gasteiger partial charge in [0.15, 0.2) is 0 Å². The van der Waals surface area contributed by atoms with Crippen molar-refractivity contribution in [3.05, 3.63) is 41.5 Å². The summed E-state index contributed by atoms with van der Waals surface area (Å²) in [5.74, 6) is 3.06. The number of hydrogen-bond donors (Lipinski definition) is 1. The van der Waals surface area contributed by atoms with Gasteiger partial charge in [-0.25, -0.2) is 4.98 Å². The molecular weight excluding hydrogens is 320 g/mol. The van der Waals surface area contributed by atoms with E-state index in [1.165, 1.54) is 49.8 Å². The van der Waals surface area contributed by atoms with Gasteiger partial charge in [-0.1, -0.05) is 58.3 Å². The molecule has 0 amide bonds. The van der Waals surface area contributed by atoms with E-state index in [1.807, 2.05) is 6.20 Å². The molecule has 1 fully saturated rings. The molecule has 3 nitrogen and oxygen atoms in total. The first-order valence-corrected chi connectivity index (χ1v) is 10.6. The highest BCUT2D eigenvalue weighted by atomic mass is 16.5. The standard InChI is InChI=1S/C23H38N2O/c1-5-18(3)10-7-11-19(4)23-24-16-22(25-23)14-8-12-20(6-2)21-13-9-15-26-17-21/h6,8,12,16,18-19,21H,5,7,9-11,13-15,17H2,1-4H3,(H,24,25)/b12-8-,20-6+. The van der Waals surface area contributed by atoms with Crippen molar-refractivity contribution in [2.75, 3.05) is 13.2 Å². The summed E-state index contributed by atoms with van der Waals surface area (Å²) in [5.41, 5.74) is 2.61. The van der Waals surface area contributed by atoms with E-state index in [0.29, 0.717) is 11.8 Å². The van der Waals surface area contributed by atoms with E-state index in [0.717, 1.165) is 31.4 Å². The molecule has 1 saturated heterocycles. The summed E-state index contributed by atoms with van der Waals surface area (Å²) in [6, 6.07) is 0. The van der Waals surface area contributed by atoms with Crippen LogP contribution in [-0.2, 0) is 11.2 Å². The SMILES string of the molecule is C/C=C(\C=C/Cc1cnc(C(C)CCCC(C)CC)[nH]1)C1CCCOC1. The van der Waals surface area contributed by atoms with Gasteiger partial charge in [-0.05, 0) is 37.7 Å². The fraction of sp³-hybridized carbons (Fsp3) is 0.696. The zero-order valence-electron chi connectivity index (χ0n) is 17.3. The van der Waals surface area contributed by atoms with Crippen molar-refractivity contribution in [2.45, 2.75) is 78.6 Å². The van der Waals surface area contributed by atoms with Crippen LogP contribution >= 0.6 is 0 Å². The Labute approximate surface area is 160 Å². The summed E-state index contributed by atoms with van der Waals surface area (Å²) < 4.78 is 5.62. The lowest BCUT2D eigenvalue weighted by atomic mass is 9.92. The number of hydrogen-bond acceptors (Lipinski definition) is 2. The lowest BCUT2D eigenvalue weighted by Crippen LogP contribution is -2.18. The Balaban J connectivity index is 1.79. The van der Waals surface area contributed by atoms with Crippen LogP contribution in [0.5, 0.6) is 0 Å². The number of aromatic amines is 1. The Hall–Kier alpha value is -1.35. The molecule has 1 aromatic rings. The summed E-state index contributed by atoms with van der Waals surface area (Å²) in [7, 11) is 0.